The van der Waals surface area contributed by atoms with Gasteiger partial charge in [-0.1, -0.05) is 6.42 Å². The van der Waals surface area contributed by atoms with E-state index in [0.717, 1.165) is 18.1 Å². The van der Waals surface area contributed by atoms with Gasteiger partial charge in [0, 0.05) is 12.2 Å². The summed E-state index contributed by atoms with van der Waals surface area (Å²) in [7, 11) is 1.66. The van der Waals surface area contributed by atoms with Crippen LogP contribution < -0.4 is 15.8 Å². The van der Waals surface area contributed by atoms with Gasteiger partial charge in [0.1, 0.15) is 0 Å². The van der Waals surface area contributed by atoms with Crippen LogP contribution in [0.3, 0.4) is 0 Å². The van der Waals surface area contributed by atoms with Crippen LogP contribution in [0.5, 0.6) is 5.75 Å². The molecule has 1 aromatic rings. The SMILES string of the molecule is COc1cccnc1NC1CCCC1CN. The quantitative estimate of drug-likeness (QED) is 0.811. The standard InChI is InChI=1S/C12H19N3O/c1-16-11-6-3-7-14-12(11)15-10-5-2-4-9(10)8-13/h3,6-7,9-10H,2,4-5,8,13H2,1H3,(H,14,15). The molecule has 88 valence electrons. The summed E-state index contributed by atoms with van der Waals surface area (Å²) in [4.78, 5) is 4.30. The first-order valence-corrected chi connectivity index (χ1v) is 5.80. The molecule has 1 fully saturated rings. The molecule has 2 unspecified atom stereocenters. The predicted octanol–water partition coefficient (Wildman–Crippen LogP) is 1.63. The highest BCUT2D eigenvalue weighted by molar-refractivity contribution is 5.50. The van der Waals surface area contributed by atoms with Crippen molar-refractivity contribution >= 4 is 5.82 Å². The largest absolute Gasteiger partial charge is 0.493 e. The molecule has 3 N–H and O–H groups in total. The van der Waals surface area contributed by atoms with Crippen molar-refractivity contribution in [2.45, 2.75) is 25.3 Å². The minimum atomic E-state index is 0.439. The highest BCUT2D eigenvalue weighted by Crippen LogP contribution is 2.30. The molecule has 0 aliphatic heterocycles. The highest BCUT2D eigenvalue weighted by Gasteiger charge is 2.26. The van der Waals surface area contributed by atoms with Crippen LogP contribution >= 0.6 is 0 Å². The van der Waals surface area contributed by atoms with E-state index in [0.29, 0.717) is 12.0 Å². The Morgan fingerprint density at radius 3 is 3.19 bits per heavy atom. The van der Waals surface area contributed by atoms with Crippen molar-refractivity contribution in [1.82, 2.24) is 4.98 Å². The van der Waals surface area contributed by atoms with Crippen molar-refractivity contribution in [1.29, 1.82) is 0 Å². The number of rotatable bonds is 4. The van der Waals surface area contributed by atoms with Gasteiger partial charge in [-0.15, -0.1) is 0 Å². The summed E-state index contributed by atoms with van der Waals surface area (Å²) < 4.78 is 5.27. The van der Waals surface area contributed by atoms with Crippen molar-refractivity contribution in [3.8, 4) is 5.75 Å². The number of nitrogens with two attached hydrogens (primary N) is 1. The monoisotopic (exact) mass is 221 g/mol. The lowest BCUT2D eigenvalue weighted by Gasteiger charge is -2.21. The van der Waals surface area contributed by atoms with Crippen molar-refractivity contribution in [2.24, 2.45) is 11.7 Å². The summed E-state index contributed by atoms with van der Waals surface area (Å²) in [5, 5.41) is 3.45. The number of hydrogen-bond donors (Lipinski definition) is 2. The van der Waals surface area contributed by atoms with Crippen LogP contribution in [0.25, 0.3) is 0 Å². The average molecular weight is 221 g/mol. The van der Waals surface area contributed by atoms with Gasteiger partial charge in [0.05, 0.1) is 7.11 Å². The molecule has 2 rings (SSSR count). The Kier molecular flexibility index (Phi) is 3.62. The third-order valence-electron chi connectivity index (χ3n) is 3.27. The third kappa shape index (κ3) is 2.27. The normalized spacial score (nSPS) is 24.4. The number of methoxy groups -OCH3 is 1. The van der Waals surface area contributed by atoms with E-state index in [4.69, 9.17) is 10.5 Å². The van der Waals surface area contributed by atoms with Crippen molar-refractivity contribution in [2.75, 3.05) is 19.0 Å². The Bertz CT molecular complexity index is 343. The second-order valence-electron chi connectivity index (χ2n) is 4.23. The first-order chi connectivity index (χ1) is 7.85. The third-order valence-corrected chi connectivity index (χ3v) is 3.27. The maximum atomic E-state index is 5.76. The summed E-state index contributed by atoms with van der Waals surface area (Å²) in [5.41, 5.74) is 5.76. The number of nitrogens with zero attached hydrogens (tertiary/aromatic N) is 1. The van der Waals surface area contributed by atoms with E-state index in [-0.39, 0.29) is 0 Å². The lowest BCUT2D eigenvalue weighted by atomic mass is 10.0. The molecule has 0 radical (unpaired) electrons. The van der Waals surface area contributed by atoms with E-state index < -0.39 is 0 Å². The van der Waals surface area contributed by atoms with Gasteiger partial charge in [0.25, 0.3) is 0 Å². The molecule has 16 heavy (non-hydrogen) atoms. The van der Waals surface area contributed by atoms with Crippen LogP contribution in [-0.4, -0.2) is 24.7 Å². The molecule has 1 aliphatic carbocycles. The maximum Gasteiger partial charge on any atom is 0.168 e. The molecule has 0 bridgehead atoms. The fourth-order valence-corrected chi connectivity index (χ4v) is 2.35. The molecule has 1 heterocycles. The van der Waals surface area contributed by atoms with E-state index in [1.54, 1.807) is 13.3 Å². The fraction of sp³-hybridized carbons (Fsp3) is 0.583. The van der Waals surface area contributed by atoms with Gasteiger partial charge in [0.15, 0.2) is 11.6 Å². The van der Waals surface area contributed by atoms with E-state index in [1.807, 2.05) is 12.1 Å². The van der Waals surface area contributed by atoms with Gasteiger partial charge in [-0.2, -0.15) is 0 Å². The molecule has 2 atom stereocenters. The summed E-state index contributed by atoms with van der Waals surface area (Å²) in [6, 6.07) is 4.23. The molecule has 1 aromatic heterocycles. The minimum absolute atomic E-state index is 0.439. The van der Waals surface area contributed by atoms with Crippen LogP contribution in [0.1, 0.15) is 19.3 Å². The van der Waals surface area contributed by atoms with Gasteiger partial charge in [-0.3, -0.25) is 0 Å². The second-order valence-corrected chi connectivity index (χ2v) is 4.23. The number of nitrogens with one attached hydrogen (secondary N) is 1. The molecule has 0 amide bonds. The molecule has 0 saturated heterocycles. The van der Waals surface area contributed by atoms with Crippen LogP contribution in [-0.2, 0) is 0 Å². The summed E-state index contributed by atoms with van der Waals surface area (Å²) >= 11 is 0. The Morgan fingerprint density at radius 1 is 1.56 bits per heavy atom. The smallest absolute Gasteiger partial charge is 0.168 e. The number of aromatic nitrogens is 1. The molecule has 1 aliphatic rings. The molecule has 4 heteroatoms. The average Bonchev–Trinajstić information content (AvgIpc) is 2.77. The first-order valence-electron chi connectivity index (χ1n) is 5.80. The zero-order valence-electron chi connectivity index (χ0n) is 9.65. The predicted molar refractivity (Wildman–Crippen MR) is 64.6 cm³/mol. The molecule has 0 spiro atoms. The first kappa shape index (κ1) is 11.2. The van der Waals surface area contributed by atoms with Gasteiger partial charge in [-0.05, 0) is 37.4 Å². The zero-order valence-corrected chi connectivity index (χ0v) is 9.65. The topological polar surface area (TPSA) is 60.2 Å². The lowest BCUT2D eigenvalue weighted by Crippen LogP contribution is -2.29. The van der Waals surface area contributed by atoms with Gasteiger partial charge >= 0.3 is 0 Å². The number of hydrogen-bond acceptors (Lipinski definition) is 4. The minimum Gasteiger partial charge on any atom is -0.493 e. The molecule has 1 saturated carbocycles. The van der Waals surface area contributed by atoms with Crippen molar-refractivity contribution in [3.05, 3.63) is 18.3 Å². The Balaban J connectivity index is 2.08. The fourth-order valence-electron chi connectivity index (χ4n) is 2.35. The summed E-state index contributed by atoms with van der Waals surface area (Å²) in [6.45, 7) is 0.743. The van der Waals surface area contributed by atoms with Crippen molar-refractivity contribution in [3.63, 3.8) is 0 Å². The van der Waals surface area contributed by atoms with Crippen LogP contribution in [0.2, 0.25) is 0 Å². The Labute approximate surface area is 96.2 Å². The second kappa shape index (κ2) is 5.16. The van der Waals surface area contributed by atoms with Crippen LogP contribution in [0.15, 0.2) is 18.3 Å². The van der Waals surface area contributed by atoms with Crippen molar-refractivity contribution < 1.29 is 4.74 Å². The number of anilines is 1. The van der Waals surface area contributed by atoms with Gasteiger partial charge in [0.2, 0.25) is 0 Å². The Hall–Kier alpha value is -1.29. The number of pyridine rings is 1. The van der Waals surface area contributed by atoms with E-state index in [1.165, 1.54) is 19.3 Å². The number of ether oxygens (including phenoxy) is 1. The summed E-state index contributed by atoms with van der Waals surface area (Å²) in [5.74, 6) is 2.19. The highest BCUT2D eigenvalue weighted by atomic mass is 16.5. The lowest BCUT2D eigenvalue weighted by molar-refractivity contribution is 0.413. The van der Waals surface area contributed by atoms with E-state index in [9.17, 15) is 0 Å². The molecular weight excluding hydrogens is 202 g/mol. The summed E-state index contributed by atoms with van der Waals surface area (Å²) in [6.07, 6.45) is 5.40. The van der Waals surface area contributed by atoms with E-state index in [2.05, 4.69) is 10.3 Å². The Morgan fingerprint density at radius 2 is 2.44 bits per heavy atom. The molecule has 4 nitrogen and oxygen atoms in total. The van der Waals surface area contributed by atoms with Crippen LogP contribution in [0.4, 0.5) is 5.82 Å². The van der Waals surface area contributed by atoms with Gasteiger partial charge in [-0.25, -0.2) is 4.98 Å². The van der Waals surface area contributed by atoms with E-state index >= 15 is 0 Å². The maximum absolute atomic E-state index is 5.76. The molecular formula is C12H19N3O. The van der Waals surface area contributed by atoms with Crippen LogP contribution in [0, 0.1) is 5.92 Å². The zero-order chi connectivity index (χ0) is 11.4. The molecule has 0 aromatic carbocycles. The van der Waals surface area contributed by atoms with Gasteiger partial charge < -0.3 is 15.8 Å².